The Hall–Kier alpha value is -0.0400. The molecule has 0 saturated carbocycles. The van der Waals surface area contributed by atoms with E-state index in [1.165, 1.54) is 6.42 Å². The zero-order valence-corrected chi connectivity index (χ0v) is 5.44. The minimum Gasteiger partial charge on any atom is -0.328 e. The van der Waals surface area contributed by atoms with Gasteiger partial charge in [-0.15, -0.1) is 0 Å². The van der Waals surface area contributed by atoms with Crippen LogP contribution in [0, 0.1) is 5.92 Å². The SMILES string of the molecule is CCC(C)[C@H](C)N. The highest BCUT2D eigenvalue weighted by Crippen LogP contribution is 2.02. The van der Waals surface area contributed by atoms with Crippen molar-refractivity contribution < 1.29 is 0 Å². The Kier molecular flexibility index (Phi) is 3.01. The summed E-state index contributed by atoms with van der Waals surface area (Å²) in [6.07, 6.45) is 1.19. The van der Waals surface area contributed by atoms with Gasteiger partial charge in [-0.05, 0) is 12.8 Å². The lowest BCUT2D eigenvalue weighted by Crippen LogP contribution is -2.23. The van der Waals surface area contributed by atoms with Crippen LogP contribution in [0.3, 0.4) is 0 Å². The summed E-state index contributed by atoms with van der Waals surface area (Å²) in [5, 5.41) is 0. The van der Waals surface area contributed by atoms with Crippen molar-refractivity contribution in [3.8, 4) is 0 Å². The molecular weight excluding hydrogens is 86.1 g/mol. The zero-order valence-electron chi connectivity index (χ0n) is 5.44. The van der Waals surface area contributed by atoms with Crippen molar-refractivity contribution in [3.05, 3.63) is 0 Å². The van der Waals surface area contributed by atoms with Gasteiger partial charge in [0.25, 0.3) is 0 Å². The van der Waals surface area contributed by atoms with Gasteiger partial charge in [-0.3, -0.25) is 0 Å². The van der Waals surface area contributed by atoms with Crippen LogP contribution < -0.4 is 5.73 Å². The van der Waals surface area contributed by atoms with E-state index in [0.717, 1.165) is 0 Å². The molecule has 0 heterocycles. The van der Waals surface area contributed by atoms with E-state index in [9.17, 15) is 0 Å². The maximum absolute atomic E-state index is 5.55. The van der Waals surface area contributed by atoms with Crippen LogP contribution in [0.15, 0.2) is 0 Å². The fourth-order valence-corrected chi connectivity index (χ4v) is 0.372. The summed E-state index contributed by atoms with van der Waals surface area (Å²) in [6, 6.07) is 0.366. The Bertz CT molecular complexity index is 41.4. The number of hydrogen-bond donors (Lipinski definition) is 1. The van der Waals surface area contributed by atoms with Gasteiger partial charge in [-0.2, -0.15) is 0 Å². The maximum atomic E-state index is 5.55. The van der Waals surface area contributed by atoms with E-state index in [1.807, 2.05) is 6.92 Å². The largest absolute Gasteiger partial charge is 0.328 e. The van der Waals surface area contributed by atoms with E-state index >= 15 is 0 Å². The number of hydrogen-bond acceptors (Lipinski definition) is 1. The van der Waals surface area contributed by atoms with Gasteiger partial charge in [0.2, 0.25) is 0 Å². The molecule has 2 atom stereocenters. The van der Waals surface area contributed by atoms with E-state index in [-0.39, 0.29) is 0 Å². The van der Waals surface area contributed by atoms with Crippen LogP contribution in [0.1, 0.15) is 27.2 Å². The molecule has 44 valence electrons. The lowest BCUT2D eigenvalue weighted by atomic mass is 10.0. The molecule has 7 heavy (non-hydrogen) atoms. The normalized spacial score (nSPS) is 18.9. The molecule has 0 aromatic carbocycles. The highest BCUT2D eigenvalue weighted by molar-refractivity contribution is 4.59. The standard InChI is InChI=1S/C6H15N/c1-4-5(2)6(3)7/h5-6H,4,7H2,1-3H3/t5?,6-/m0/s1. The molecule has 1 unspecified atom stereocenters. The Balaban J connectivity index is 3.14. The van der Waals surface area contributed by atoms with E-state index in [4.69, 9.17) is 5.73 Å². The summed E-state index contributed by atoms with van der Waals surface area (Å²) < 4.78 is 0. The monoisotopic (exact) mass is 101 g/mol. The third kappa shape index (κ3) is 2.63. The van der Waals surface area contributed by atoms with Crippen LogP contribution in [-0.4, -0.2) is 6.04 Å². The van der Waals surface area contributed by atoms with Crippen molar-refractivity contribution in [1.82, 2.24) is 0 Å². The smallest absolute Gasteiger partial charge is 0.00360 e. The molecule has 0 amide bonds. The Morgan fingerprint density at radius 3 is 1.86 bits per heavy atom. The molecule has 1 heteroatoms. The second-order valence-corrected chi connectivity index (χ2v) is 2.24. The van der Waals surface area contributed by atoms with Crippen molar-refractivity contribution in [1.29, 1.82) is 0 Å². The number of nitrogens with two attached hydrogens (primary N) is 1. The van der Waals surface area contributed by atoms with Crippen LogP contribution in [0.4, 0.5) is 0 Å². The quantitative estimate of drug-likeness (QED) is 0.558. The van der Waals surface area contributed by atoms with Gasteiger partial charge in [0.05, 0.1) is 0 Å². The van der Waals surface area contributed by atoms with E-state index in [2.05, 4.69) is 13.8 Å². The van der Waals surface area contributed by atoms with Crippen LogP contribution >= 0.6 is 0 Å². The molecule has 0 radical (unpaired) electrons. The Labute approximate surface area is 45.9 Å². The first-order valence-corrected chi connectivity index (χ1v) is 2.94. The number of rotatable bonds is 2. The molecule has 2 N–H and O–H groups in total. The van der Waals surface area contributed by atoms with Crippen molar-refractivity contribution >= 4 is 0 Å². The van der Waals surface area contributed by atoms with E-state index in [1.54, 1.807) is 0 Å². The van der Waals surface area contributed by atoms with Gasteiger partial charge < -0.3 is 5.73 Å². The summed E-state index contributed by atoms with van der Waals surface area (Å²) >= 11 is 0. The molecule has 0 saturated heterocycles. The first-order valence-electron chi connectivity index (χ1n) is 2.94. The molecule has 0 rings (SSSR count). The summed E-state index contributed by atoms with van der Waals surface area (Å²) in [4.78, 5) is 0. The first kappa shape index (κ1) is 6.96. The van der Waals surface area contributed by atoms with Crippen molar-refractivity contribution in [2.75, 3.05) is 0 Å². The average Bonchev–Trinajstić information content (AvgIpc) is 1.65. The molecule has 0 fully saturated rings. The van der Waals surface area contributed by atoms with Crippen LogP contribution in [-0.2, 0) is 0 Å². The second-order valence-electron chi connectivity index (χ2n) is 2.24. The van der Waals surface area contributed by atoms with Crippen LogP contribution in [0.25, 0.3) is 0 Å². The third-order valence-electron chi connectivity index (χ3n) is 1.54. The Morgan fingerprint density at radius 1 is 1.43 bits per heavy atom. The topological polar surface area (TPSA) is 26.0 Å². The van der Waals surface area contributed by atoms with Gasteiger partial charge in [0, 0.05) is 6.04 Å². The van der Waals surface area contributed by atoms with Crippen LogP contribution in [0.5, 0.6) is 0 Å². The van der Waals surface area contributed by atoms with Gasteiger partial charge in [0.15, 0.2) is 0 Å². The van der Waals surface area contributed by atoms with Crippen molar-refractivity contribution in [3.63, 3.8) is 0 Å². The molecule has 0 aliphatic carbocycles. The fraction of sp³-hybridized carbons (Fsp3) is 1.00. The van der Waals surface area contributed by atoms with E-state index in [0.29, 0.717) is 12.0 Å². The zero-order chi connectivity index (χ0) is 5.86. The first-order chi connectivity index (χ1) is 3.18. The predicted molar refractivity (Wildman–Crippen MR) is 33.1 cm³/mol. The van der Waals surface area contributed by atoms with Crippen LogP contribution in [0.2, 0.25) is 0 Å². The summed E-state index contributed by atoms with van der Waals surface area (Å²) in [5.41, 5.74) is 5.55. The summed E-state index contributed by atoms with van der Waals surface area (Å²) in [7, 11) is 0. The van der Waals surface area contributed by atoms with Gasteiger partial charge >= 0.3 is 0 Å². The second kappa shape index (κ2) is 3.03. The van der Waals surface area contributed by atoms with Gasteiger partial charge in [-0.25, -0.2) is 0 Å². The molecule has 0 bridgehead atoms. The van der Waals surface area contributed by atoms with E-state index < -0.39 is 0 Å². The highest BCUT2D eigenvalue weighted by atomic mass is 14.6. The molecule has 0 aromatic rings. The molecule has 0 aromatic heterocycles. The van der Waals surface area contributed by atoms with Crippen molar-refractivity contribution in [2.24, 2.45) is 11.7 Å². The molecule has 0 aliphatic heterocycles. The summed E-state index contributed by atoms with van der Waals surface area (Å²) in [5.74, 6) is 0.681. The fourth-order valence-electron chi connectivity index (χ4n) is 0.372. The lowest BCUT2D eigenvalue weighted by Gasteiger charge is -2.10. The molecular formula is C6H15N. The Morgan fingerprint density at radius 2 is 1.86 bits per heavy atom. The molecule has 1 nitrogen and oxygen atoms in total. The van der Waals surface area contributed by atoms with Gasteiger partial charge in [0.1, 0.15) is 0 Å². The van der Waals surface area contributed by atoms with Gasteiger partial charge in [-0.1, -0.05) is 20.3 Å². The predicted octanol–water partition coefficient (Wildman–Crippen LogP) is 1.38. The highest BCUT2D eigenvalue weighted by Gasteiger charge is 2.01. The molecule has 0 spiro atoms. The molecule has 0 aliphatic rings. The minimum absolute atomic E-state index is 0.366. The van der Waals surface area contributed by atoms with Crippen molar-refractivity contribution in [2.45, 2.75) is 33.2 Å². The maximum Gasteiger partial charge on any atom is 0.00360 e. The third-order valence-corrected chi connectivity index (χ3v) is 1.54. The summed E-state index contributed by atoms with van der Waals surface area (Å²) in [6.45, 7) is 6.38. The lowest BCUT2D eigenvalue weighted by molar-refractivity contribution is 0.470. The average molecular weight is 101 g/mol. The minimum atomic E-state index is 0.366.